The lowest BCUT2D eigenvalue weighted by molar-refractivity contribution is -0.137. The second kappa shape index (κ2) is 7.72. The van der Waals surface area contributed by atoms with E-state index < -0.39 is 18.7 Å². The largest absolute Gasteiger partial charge is 0.449 e. The van der Waals surface area contributed by atoms with Crippen LogP contribution in [0.3, 0.4) is 0 Å². The summed E-state index contributed by atoms with van der Waals surface area (Å²) in [4.78, 5) is 16.4. The Morgan fingerprint density at radius 2 is 2.04 bits per heavy atom. The highest BCUT2D eigenvalue weighted by atomic mass is 19.4. The van der Waals surface area contributed by atoms with Gasteiger partial charge in [0.25, 0.3) is 0 Å². The molecule has 1 aromatic carbocycles. The molecular formula is C18H21F3N2O2. The van der Waals surface area contributed by atoms with Gasteiger partial charge < -0.3 is 4.74 Å². The second-order valence-electron chi connectivity index (χ2n) is 6.00. The molecule has 0 fully saturated rings. The van der Waals surface area contributed by atoms with Crippen molar-refractivity contribution in [1.82, 2.24) is 9.55 Å². The molecule has 0 saturated carbocycles. The summed E-state index contributed by atoms with van der Waals surface area (Å²) < 4.78 is 42.6. The number of hydrogen-bond donors (Lipinski definition) is 0. The van der Waals surface area contributed by atoms with Crippen molar-refractivity contribution in [2.45, 2.75) is 45.7 Å². The molecule has 0 unspecified atom stereocenters. The Morgan fingerprint density at radius 3 is 2.72 bits per heavy atom. The summed E-state index contributed by atoms with van der Waals surface area (Å²) in [5, 5.41) is 0. The van der Waals surface area contributed by atoms with E-state index in [4.69, 9.17) is 4.74 Å². The molecule has 1 heterocycles. The molecule has 2 rings (SSSR count). The number of ether oxygens (including phenoxy) is 1. The summed E-state index contributed by atoms with van der Waals surface area (Å²) in [6.07, 6.45) is -3.26. The molecule has 7 heteroatoms. The average Bonchev–Trinajstić information content (AvgIpc) is 3.02. The van der Waals surface area contributed by atoms with Crippen LogP contribution in [0.15, 0.2) is 30.6 Å². The van der Waals surface area contributed by atoms with Gasteiger partial charge in [0.15, 0.2) is 0 Å². The van der Waals surface area contributed by atoms with Gasteiger partial charge in [-0.15, -0.1) is 0 Å². The lowest BCUT2D eigenvalue weighted by atomic mass is 9.93. The Hall–Kier alpha value is -2.31. The van der Waals surface area contributed by atoms with Crippen molar-refractivity contribution < 1.29 is 22.7 Å². The van der Waals surface area contributed by atoms with E-state index in [9.17, 15) is 18.0 Å². The number of benzene rings is 1. The van der Waals surface area contributed by atoms with Crippen LogP contribution in [-0.2, 0) is 4.74 Å². The first-order valence-corrected chi connectivity index (χ1v) is 8.04. The third-order valence-electron chi connectivity index (χ3n) is 4.20. The lowest BCUT2D eigenvalue weighted by Crippen LogP contribution is -2.19. The Bertz CT molecular complexity index is 738. The minimum absolute atomic E-state index is 0.155. The quantitative estimate of drug-likeness (QED) is 0.712. The van der Waals surface area contributed by atoms with Gasteiger partial charge in [-0.1, -0.05) is 25.1 Å². The van der Waals surface area contributed by atoms with Crippen LogP contribution in [0.25, 0.3) is 0 Å². The maximum absolute atomic E-state index is 12.2. The van der Waals surface area contributed by atoms with Crippen LogP contribution in [0.2, 0.25) is 0 Å². The van der Waals surface area contributed by atoms with E-state index in [2.05, 4.69) is 4.98 Å². The predicted molar refractivity (Wildman–Crippen MR) is 87.7 cm³/mol. The van der Waals surface area contributed by atoms with Crippen molar-refractivity contribution >= 4 is 6.09 Å². The normalized spacial score (nSPS) is 12.9. The molecule has 0 saturated heterocycles. The highest BCUT2D eigenvalue weighted by Gasteiger charge is 2.26. The third kappa shape index (κ3) is 4.84. The fourth-order valence-electron chi connectivity index (χ4n) is 2.67. The first-order valence-electron chi connectivity index (χ1n) is 8.04. The van der Waals surface area contributed by atoms with Gasteiger partial charge in [-0.05, 0) is 37.0 Å². The zero-order valence-electron chi connectivity index (χ0n) is 14.4. The summed E-state index contributed by atoms with van der Waals surface area (Å²) in [6, 6.07) is 5.92. The maximum Gasteiger partial charge on any atom is 0.419 e. The van der Waals surface area contributed by atoms with Crippen molar-refractivity contribution in [3.8, 4) is 0 Å². The molecular weight excluding hydrogens is 333 g/mol. The number of aromatic nitrogens is 2. The average molecular weight is 354 g/mol. The van der Waals surface area contributed by atoms with Gasteiger partial charge in [-0.3, -0.25) is 0 Å². The number of halogens is 3. The smallest absolute Gasteiger partial charge is 0.419 e. The van der Waals surface area contributed by atoms with Gasteiger partial charge in [0, 0.05) is 24.7 Å². The second-order valence-corrected chi connectivity index (χ2v) is 6.00. The van der Waals surface area contributed by atoms with Gasteiger partial charge in [0.05, 0.1) is 6.61 Å². The molecule has 0 N–H and O–H groups in total. The van der Waals surface area contributed by atoms with E-state index in [1.165, 1.54) is 17.0 Å². The lowest BCUT2D eigenvalue weighted by Gasteiger charge is -2.17. The molecule has 1 atom stereocenters. The minimum atomic E-state index is -4.25. The molecule has 0 radical (unpaired) electrons. The number of hydrogen-bond acceptors (Lipinski definition) is 3. The van der Waals surface area contributed by atoms with Gasteiger partial charge in [-0.2, -0.15) is 13.2 Å². The number of carbonyl (C=O) groups excluding carboxylic acids is 1. The Kier molecular flexibility index (Phi) is 5.87. The van der Waals surface area contributed by atoms with E-state index in [1.54, 1.807) is 0 Å². The number of nitrogens with zero attached hydrogens (tertiary/aromatic N) is 2. The monoisotopic (exact) mass is 354 g/mol. The van der Waals surface area contributed by atoms with E-state index >= 15 is 0 Å². The van der Waals surface area contributed by atoms with E-state index in [0.717, 1.165) is 16.7 Å². The van der Waals surface area contributed by atoms with Crippen LogP contribution >= 0.6 is 0 Å². The first-order chi connectivity index (χ1) is 11.7. The van der Waals surface area contributed by atoms with Crippen LogP contribution in [0.1, 0.15) is 48.2 Å². The standard InChI is InChI=1S/C18H21F3N2O2/c1-12-6-4-7-15(13(12)2)14(3)16-22-9-10-23(16)17(24)25-11-5-8-18(19,20)21/h4,6-7,9-10,14H,5,8,11H2,1-3H3/t14-/m0/s1. The molecule has 2 aromatic rings. The molecule has 1 aromatic heterocycles. The van der Waals surface area contributed by atoms with Crippen LogP contribution in [0.5, 0.6) is 0 Å². The topological polar surface area (TPSA) is 44.1 Å². The molecule has 136 valence electrons. The Labute approximate surface area is 144 Å². The van der Waals surface area contributed by atoms with Crippen LogP contribution in [0.4, 0.5) is 18.0 Å². The predicted octanol–water partition coefficient (Wildman–Crippen LogP) is 4.98. The third-order valence-corrected chi connectivity index (χ3v) is 4.20. The number of aryl methyl sites for hydroxylation is 1. The summed E-state index contributed by atoms with van der Waals surface area (Å²) >= 11 is 0. The molecule has 0 amide bonds. The number of carbonyl (C=O) groups is 1. The summed E-state index contributed by atoms with van der Waals surface area (Å²) in [5.41, 5.74) is 3.29. The van der Waals surface area contributed by atoms with E-state index in [-0.39, 0.29) is 18.9 Å². The van der Waals surface area contributed by atoms with Crippen LogP contribution in [0, 0.1) is 13.8 Å². The first kappa shape index (κ1) is 19.0. The molecule has 0 bridgehead atoms. The van der Waals surface area contributed by atoms with Crippen molar-refractivity contribution in [2.24, 2.45) is 0 Å². The molecule has 0 aliphatic rings. The number of alkyl halides is 3. The molecule has 0 spiro atoms. The molecule has 25 heavy (non-hydrogen) atoms. The molecule has 0 aliphatic heterocycles. The zero-order chi connectivity index (χ0) is 18.6. The molecule has 4 nitrogen and oxygen atoms in total. The van der Waals surface area contributed by atoms with Crippen LogP contribution < -0.4 is 0 Å². The summed E-state index contributed by atoms with van der Waals surface area (Å²) in [5.74, 6) is 0.340. The van der Waals surface area contributed by atoms with Gasteiger partial charge in [0.1, 0.15) is 5.82 Å². The SMILES string of the molecule is Cc1cccc([C@H](C)c2nccn2C(=O)OCCCC(F)(F)F)c1C. The molecule has 0 aliphatic carbocycles. The fourth-order valence-corrected chi connectivity index (χ4v) is 2.67. The van der Waals surface area contributed by atoms with Crippen molar-refractivity contribution in [3.63, 3.8) is 0 Å². The fraction of sp³-hybridized carbons (Fsp3) is 0.444. The Balaban J connectivity index is 2.09. The minimum Gasteiger partial charge on any atom is -0.449 e. The zero-order valence-corrected chi connectivity index (χ0v) is 14.4. The van der Waals surface area contributed by atoms with Crippen LogP contribution in [-0.4, -0.2) is 28.4 Å². The highest BCUT2D eigenvalue weighted by molar-refractivity contribution is 5.71. The van der Waals surface area contributed by atoms with Crippen molar-refractivity contribution in [2.75, 3.05) is 6.61 Å². The van der Waals surface area contributed by atoms with Crippen molar-refractivity contribution in [3.05, 3.63) is 53.1 Å². The van der Waals surface area contributed by atoms with Gasteiger partial charge in [0.2, 0.25) is 0 Å². The van der Waals surface area contributed by atoms with E-state index in [0.29, 0.717) is 5.82 Å². The summed E-state index contributed by atoms with van der Waals surface area (Å²) in [6.45, 7) is 5.65. The Morgan fingerprint density at radius 1 is 1.32 bits per heavy atom. The van der Waals surface area contributed by atoms with E-state index in [1.807, 2.05) is 39.0 Å². The van der Waals surface area contributed by atoms with Crippen molar-refractivity contribution in [1.29, 1.82) is 0 Å². The maximum atomic E-state index is 12.2. The number of imidazole rings is 1. The van der Waals surface area contributed by atoms with Gasteiger partial charge in [-0.25, -0.2) is 14.3 Å². The summed E-state index contributed by atoms with van der Waals surface area (Å²) in [7, 11) is 0. The number of rotatable bonds is 5. The highest BCUT2D eigenvalue weighted by Crippen LogP contribution is 2.27. The van der Waals surface area contributed by atoms with Gasteiger partial charge >= 0.3 is 12.3 Å².